The summed E-state index contributed by atoms with van der Waals surface area (Å²) >= 11 is 0. The van der Waals surface area contributed by atoms with Crippen molar-refractivity contribution in [1.29, 1.82) is 5.26 Å². The molecule has 4 nitrogen and oxygen atoms in total. The van der Waals surface area contributed by atoms with Crippen molar-refractivity contribution in [3.05, 3.63) is 40.8 Å². The van der Waals surface area contributed by atoms with Gasteiger partial charge in [-0.25, -0.2) is 4.68 Å². The lowest BCUT2D eigenvalue weighted by Gasteiger charge is -2.13. The molecule has 0 fully saturated rings. The van der Waals surface area contributed by atoms with Crippen molar-refractivity contribution in [2.75, 3.05) is 0 Å². The Morgan fingerprint density at radius 1 is 1.37 bits per heavy atom. The van der Waals surface area contributed by atoms with E-state index >= 15 is 0 Å². The molecule has 1 heterocycles. The van der Waals surface area contributed by atoms with Gasteiger partial charge in [0.15, 0.2) is 5.92 Å². The first kappa shape index (κ1) is 13.1. The Morgan fingerprint density at radius 3 is 2.68 bits per heavy atom. The third kappa shape index (κ3) is 2.57. The molecule has 0 saturated carbocycles. The summed E-state index contributed by atoms with van der Waals surface area (Å²) in [6.07, 6.45) is -3.37. The number of hydrogen-bond acceptors (Lipinski definition) is 3. The summed E-state index contributed by atoms with van der Waals surface area (Å²) in [6, 6.07) is 7.59. The molecule has 7 heteroatoms. The molecule has 98 valence electrons. The number of halogens is 3. The van der Waals surface area contributed by atoms with Crippen LogP contribution < -0.4 is 5.56 Å². The molecule has 19 heavy (non-hydrogen) atoms. The second-order valence-corrected chi connectivity index (χ2v) is 3.94. The fourth-order valence-corrected chi connectivity index (χ4v) is 1.65. The van der Waals surface area contributed by atoms with Gasteiger partial charge in [0, 0.05) is 5.39 Å². The number of aromatic nitrogens is 2. The first-order chi connectivity index (χ1) is 8.93. The maximum absolute atomic E-state index is 12.5. The SMILES string of the molecule is N#CC(Cn1ncc2ccccc2c1=O)C(F)(F)F. The highest BCUT2D eigenvalue weighted by atomic mass is 19.4. The summed E-state index contributed by atoms with van der Waals surface area (Å²) in [6.45, 7) is -0.802. The Morgan fingerprint density at radius 2 is 2.05 bits per heavy atom. The number of nitriles is 1. The minimum Gasteiger partial charge on any atom is -0.267 e. The van der Waals surface area contributed by atoms with Gasteiger partial charge >= 0.3 is 6.18 Å². The molecule has 0 aliphatic heterocycles. The Labute approximate surface area is 105 Å². The van der Waals surface area contributed by atoms with Crippen LogP contribution in [0.15, 0.2) is 35.3 Å². The summed E-state index contributed by atoms with van der Waals surface area (Å²) in [4.78, 5) is 11.9. The standard InChI is InChI=1S/C12H8F3N3O/c13-12(14,15)9(5-16)7-18-11(19)10-4-2-1-3-8(10)6-17-18/h1-4,6,9H,7H2. The zero-order valence-electron chi connectivity index (χ0n) is 9.55. The molecule has 0 saturated heterocycles. The molecule has 0 N–H and O–H groups in total. The van der Waals surface area contributed by atoms with Crippen LogP contribution in [0.25, 0.3) is 10.8 Å². The van der Waals surface area contributed by atoms with E-state index in [0.29, 0.717) is 10.1 Å². The highest BCUT2D eigenvalue weighted by molar-refractivity contribution is 5.80. The molecule has 0 amide bonds. The van der Waals surface area contributed by atoms with Crippen LogP contribution in [0.2, 0.25) is 0 Å². The highest BCUT2D eigenvalue weighted by Gasteiger charge is 2.40. The van der Waals surface area contributed by atoms with Gasteiger partial charge in [0.2, 0.25) is 0 Å². The lowest BCUT2D eigenvalue weighted by Crippen LogP contribution is -2.32. The van der Waals surface area contributed by atoms with Gasteiger partial charge in [0.05, 0.1) is 24.2 Å². The van der Waals surface area contributed by atoms with E-state index in [1.165, 1.54) is 12.3 Å². The Balaban J connectivity index is 2.45. The average Bonchev–Trinajstić information content (AvgIpc) is 2.37. The van der Waals surface area contributed by atoms with Crippen molar-refractivity contribution >= 4 is 10.8 Å². The molecule has 1 aromatic heterocycles. The van der Waals surface area contributed by atoms with Crippen LogP contribution in [-0.4, -0.2) is 16.0 Å². The molecule has 1 atom stereocenters. The van der Waals surface area contributed by atoms with Gasteiger partial charge in [0.1, 0.15) is 0 Å². The van der Waals surface area contributed by atoms with Crippen LogP contribution in [0.1, 0.15) is 0 Å². The van der Waals surface area contributed by atoms with Crippen LogP contribution in [0, 0.1) is 17.2 Å². The molecule has 0 spiro atoms. The van der Waals surface area contributed by atoms with E-state index < -0.39 is 24.2 Å². The van der Waals surface area contributed by atoms with Crippen molar-refractivity contribution in [2.45, 2.75) is 12.7 Å². The van der Waals surface area contributed by atoms with Gasteiger partial charge in [0.25, 0.3) is 5.56 Å². The van der Waals surface area contributed by atoms with Crippen LogP contribution in [0.5, 0.6) is 0 Å². The molecule has 1 aromatic carbocycles. The second-order valence-electron chi connectivity index (χ2n) is 3.94. The van der Waals surface area contributed by atoms with E-state index in [1.807, 2.05) is 0 Å². The van der Waals surface area contributed by atoms with Crippen molar-refractivity contribution in [2.24, 2.45) is 5.92 Å². The van der Waals surface area contributed by atoms with E-state index in [0.717, 1.165) is 6.07 Å². The first-order valence-corrected chi connectivity index (χ1v) is 5.34. The maximum Gasteiger partial charge on any atom is 0.406 e. The highest BCUT2D eigenvalue weighted by Crippen LogP contribution is 2.26. The topological polar surface area (TPSA) is 58.7 Å². The van der Waals surface area contributed by atoms with Gasteiger partial charge in [-0.1, -0.05) is 18.2 Å². The van der Waals surface area contributed by atoms with E-state index in [1.54, 1.807) is 18.2 Å². The minimum atomic E-state index is -4.68. The summed E-state index contributed by atoms with van der Waals surface area (Å²) in [5.41, 5.74) is -0.636. The fourth-order valence-electron chi connectivity index (χ4n) is 1.65. The van der Waals surface area contributed by atoms with Crippen LogP contribution in [0.4, 0.5) is 13.2 Å². The molecule has 1 unspecified atom stereocenters. The predicted molar refractivity (Wildman–Crippen MR) is 61.2 cm³/mol. The summed E-state index contributed by atoms with van der Waals surface area (Å²) < 4.78 is 38.1. The molecule has 0 bridgehead atoms. The molecular weight excluding hydrogens is 259 g/mol. The lowest BCUT2D eigenvalue weighted by molar-refractivity contribution is -0.162. The average molecular weight is 267 g/mol. The number of fused-ring (bicyclic) bond motifs is 1. The van der Waals surface area contributed by atoms with Crippen LogP contribution >= 0.6 is 0 Å². The normalized spacial score (nSPS) is 13.2. The van der Waals surface area contributed by atoms with Crippen molar-refractivity contribution in [3.63, 3.8) is 0 Å². The number of benzene rings is 1. The van der Waals surface area contributed by atoms with E-state index in [9.17, 15) is 18.0 Å². The van der Waals surface area contributed by atoms with E-state index in [2.05, 4.69) is 5.10 Å². The smallest absolute Gasteiger partial charge is 0.267 e. The first-order valence-electron chi connectivity index (χ1n) is 5.34. The summed E-state index contributed by atoms with van der Waals surface area (Å²) in [7, 11) is 0. The van der Waals surface area contributed by atoms with Gasteiger partial charge in [-0.2, -0.15) is 23.5 Å². The number of nitrogens with zero attached hydrogens (tertiary/aromatic N) is 3. The molecule has 0 aliphatic rings. The lowest BCUT2D eigenvalue weighted by atomic mass is 10.1. The van der Waals surface area contributed by atoms with E-state index in [-0.39, 0.29) is 5.39 Å². The van der Waals surface area contributed by atoms with Crippen LogP contribution in [0.3, 0.4) is 0 Å². The Bertz CT molecular complexity index is 700. The van der Waals surface area contributed by atoms with E-state index in [4.69, 9.17) is 5.26 Å². The third-order valence-corrected chi connectivity index (χ3v) is 2.67. The number of hydrogen-bond donors (Lipinski definition) is 0. The largest absolute Gasteiger partial charge is 0.406 e. The molecule has 2 rings (SSSR count). The zero-order chi connectivity index (χ0) is 14.0. The summed E-state index contributed by atoms with van der Waals surface area (Å²) in [5, 5.41) is 13.0. The maximum atomic E-state index is 12.5. The number of rotatable bonds is 2. The van der Waals surface area contributed by atoms with Crippen molar-refractivity contribution in [3.8, 4) is 6.07 Å². The Hall–Kier alpha value is -2.36. The third-order valence-electron chi connectivity index (χ3n) is 2.67. The Kier molecular flexibility index (Phi) is 3.25. The molecule has 0 radical (unpaired) electrons. The van der Waals surface area contributed by atoms with Crippen LogP contribution in [-0.2, 0) is 6.54 Å². The van der Waals surface area contributed by atoms with Gasteiger partial charge in [-0.3, -0.25) is 4.79 Å². The van der Waals surface area contributed by atoms with Gasteiger partial charge < -0.3 is 0 Å². The minimum absolute atomic E-state index is 0.274. The van der Waals surface area contributed by atoms with Crippen molar-refractivity contribution in [1.82, 2.24) is 9.78 Å². The monoisotopic (exact) mass is 267 g/mol. The molecule has 0 aliphatic carbocycles. The number of alkyl halides is 3. The van der Waals surface area contributed by atoms with Crippen molar-refractivity contribution < 1.29 is 13.2 Å². The van der Waals surface area contributed by atoms with Gasteiger partial charge in [-0.05, 0) is 6.07 Å². The fraction of sp³-hybridized carbons (Fsp3) is 0.250. The predicted octanol–water partition coefficient (Wildman–Crippen LogP) is 2.10. The van der Waals surface area contributed by atoms with Gasteiger partial charge in [-0.15, -0.1) is 0 Å². The zero-order valence-corrected chi connectivity index (χ0v) is 9.55. The quantitative estimate of drug-likeness (QED) is 0.837. The summed E-state index contributed by atoms with van der Waals surface area (Å²) in [5.74, 6) is -2.25. The molecule has 2 aromatic rings. The molecular formula is C12H8F3N3O. The second kappa shape index (κ2) is 4.72.